The summed E-state index contributed by atoms with van der Waals surface area (Å²) >= 11 is 6.32. The van der Waals surface area contributed by atoms with Crippen LogP contribution >= 0.6 is 11.6 Å². The lowest BCUT2D eigenvalue weighted by Crippen LogP contribution is -2.36. The van der Waals surface area contributed by atoms with E-state index in [1.54, 1.807) is 39.9 Å². The SMILES string of the molecule is Cc1cc(-c2c(-c3cccc(C#N)c3)nn3ccc(O[C@H]4CCN(C(=O)OC(C)(C)C)C4)nc23)cc(Cl)n1. The van der Waals surface area contributed by atoms with Gasteiger partial charge in [0.1, 0.15) is 22.6 Å². The van der Waals surface area contributed by atoms with Gasteiger partial charge in [0, 0.05) is 36.5 Å². The number of hydrogen-bond acceptors (Lipinski definition) is 7. The van der Waals surface area contributed by atoms with Gasteiger partial charge in [0.05, 0.1) is 23.7 Å². The highest BCUT2D eigenvalue weighted by Gasteiger charge is 2.31. The molecule has 1 atom stereocenters. The summed E-state index contributed by atoms with van der Waals surface area (Å²) in [5.41, 5.74) is 4.29. The van der Waals surface area contributed by atoms with Crippen molar-refractivity contribution in [3.63, 3.8) is 0 Å². The monoisotopic (exact) mass is 530 g/mol. The Kier molecular flexibility index (Phi) is 6.67. The van der Waals surface area contributed by atoms with Crippen LogP contribution in [0.2, 0.25) is 5.15 Å². The molecule has 5 rings (SSSR count). The van der Waals surface area contributed by atoms with Gasteiger partial charge in [0.2, 0.25) is 5.88 Å². The van der Waals surface area contributed by atoms with Crippen LogP contribution in [-0.4, -0.2) is 55.4 Å². The van der Waals surface area contributed by atoms with E-state index in [-0.39, 0.29) is 12.2 Å². The van der Waals surface area contributed by atoms with Crippen LogP contribution in [0.4, 0.5) is 4.79 Å². The molecule has 1 aromatic carbocycles. The van der Waals surface area contributed by atoms with Crippen molar-refractivity contribution in [3.05, 3.63) is 65.1 Å². The molecule has 0 radical (unpaired) electrons. The Morgan fingerprint density at radius 3 is 2.71 bits per heavy atom. The number of aryl methyl sites for hydroxylation is 1. The zero-order valence-electron chi connectivity index (χ0n) is 21.6. The first-order valence-electron chi connectivity index (χ1n) is 12.3. The molecular weight excluding hydrogens is 504 g/mol. The Labute approximate surface area is 225 Å². The Morgan fingerprint density at radius 1 is 1.16 bits per heavy atom. The molecular formula is C28H27ClN6O3. The van der Waals surface area contributed by atoms with Crippen molar-refractivity contribution in [2.75, 3.05) is 13.1 Å². The second kappa shape index (κ2) is 9.95. The average Bonchev–Trinajstić information content (AvgIpc) is 3.47. The van der Waals surface area contributed by atoms with Gasteiger partial charge in [-0.3, -0.25) is 0 Å². The smallest absolute Gasteiger partial charge is 0.410 e. The van der Waals surface area contributed by atoms with Crippen LogP contribution in [0.25, 0.3) is 28.0 Å². The zero-order valence-corrected chi connectivity index (χ0v) is 22.4. The molecule has 0 saturated carbocycles. The number of rotatable bonds is 4. The molecule has 1 saturated heterocycles. The summed E-state index contributed by atoms with van der Waals surface area (Å²) in [6.45, 7) is 8.38. The molecule has 38 heavy (non-hydrogen) atoms. The number of fused-ring (bicyclic) bond motifs is 1. The molecule has 1 amide bonds. The molecule has 3 aromatic heterocycles. The van der Waals surface area contributed by atoms with Crippen LogP contribution in [0.15, 0.2) is 48.7 Å². The van der Waals surface area contributed by atoms with Gasteiger partial charge < -0.3 is 14.4 Å². The third-order valence-corrected chi connectivity index (χ3v) is 6.21. The number of carbonyl (C=O) groups excluding carboxylic acids is 1. The number of pyridine rings is 1. The number of likely N-dealkylation sites (tertiary alicyclic amines) is 1. The summed E-state index contributed by atoms with van der Waals surface area (Å²) in [4.78, 5) is 23.2. The predicted octanol–water partition coefficient (Wildman–Crippen LogP) is 5.68. The third-order valence-electron chi connectivity index (χ3n) is 6.02. The number of ether oxygens (including phenoxy) is 2. The first-order valence-corrected chi connectivity index (χ1v) is 12.7. The molecule has 0 aliphatic carbocycles. The second-order valence-corrected chi connectivity index (χ2v) is 10.6. The van der Waals surface area contributed by atoms with Crippen LogP contribution < -0.4 is 4.74 Å². The summed E-state index contributed by atoms with van der Waals surface area (Å²) in [6, 6.07) is 14.9. The van der Waals surface area contributed by atoms with Crippen LogP contribution in [0.5, 0.6) is 5.88 Å². The Balaban J connectivity index is 1.51. The third kappa shape index (κ3) is 5.41. The zero-order chi connectivity index (χ0) is 27.0. The summed E-state index contributed by atoms with van der Waals surface area (Å²) in [5.74, 6) is 0.420. The van der Waals surface area contributed by atoms with Crippen LogP contribution in [-0.2, 0) is 4.74 Å². The first kappa shape index (κ1) is 25.5. The quantitative estimate of drug-likeness (QED) is 0.312. The fourth-order valence-corrected chi connectivity index (χ4v) is 4.69. The fourth-order valence-electron chi connectivity index (χ4n) is 4.44. The maximum atomic E-state index is 12.5. The van der Waals surface area contributed by atoms with E-state index in [1.807, 2.05) is 45.9 Å². The summed E-state index contributed by atoms with van der Waals surface area (Å²) in [5, 5.41) is 14.6. The molecule has 1 aliphatic heterocycles. The molecule has 0 N–H and O–H groups in total. The van der Waals surface area contributed by atoms with Crippen molar-refractivity contribution >= 4 is 23.3 Å². The van der Waals surface area contributed by atoms with Gasteiger partial charge in [-0.05, 0) is 57.5 Å². The number of benzene rings is 1. The van der Waals surface area contributed by atoms with E-state index < -0.39 is 5.60 Å². The first-order chi connectivity index (χ1) is 18.1. The van der Waals surface area contributed by atoms with Gasteiger partial charge >= 0.3 is 6.09 Å². The van der Waals surface area contributed by atoms with Gasteiger partial charge in [-0.1, -0.05) is 23.7 Å². The average molecular weight is 531 g/mol. The lowest BCUT2D eigenvalue weighted by atomic mass is 10.0. The van der Waals surface area contributed by atoms with E-state index in [2.05, 4.69) is 11.1 Å². The van der Waals surface area contributed by atoms with E-state index in [4.69, 9.17) is 31.2 Å². The Morgan fingerprint density at radius 2 is 1.97 bits per heavy atom. The number of carbonyl (C=O) groups is 1. The van der Waals surface area contributed by atoms with E-state index >= 15 is 0 Å². The van der Waals surface area contributed by atoms with Crippen molar-refractivity contribution in [1.82, 2.24) is 24.5 Å². The van der Waals surface area contributed by atoms with E-state index in [0.717, 1.165) is 22.4 Å². The van der Waals surface area contributed by atoms with Crippen LogP contribution in [0.1, 0.15) is 38.4 Å². The molecule has 9 nitrogen and oxygen atoms in total. The van der Waals surface area contributed by atoms with Crippen molar-refractivity contribution < 1.29 is 14.3 Å². The summed E-state index contributed by atoms with van der Waals surface area (Å²) < 4.78 is 13.4. The highest BCUT2D eigenvalue weighted by atomic mass is 35.5. The van der Waals surface area contributed by atoms with E-state index in [0.29, 0.717) is 47.4 Å². The largest absolute Gasteiger partial charge is 0.472 e. The number of nitrogens with zero attached hydrogens (tertiary/aromatic N) is 6. The van der Waals surface area contributed by atoms with Gasteiger partial charge in [0.15, 0.2) is 5.65 Å². The minimum absolute atomic E-state index is 0.215. The van der Waals surface area contributed by atoms with E-state index in [1.165, 1.54) is 0 Å². The normalized spacial score (nSPS) is 15.5. The fraction of sp³-hybridized carbons (Fsp3) is 0.321. The summed E-state index contributed by atoms with van der Waals surface area (Å²) in [7, 11) is 0. The number of aromatic nitrogens is 4. The second-order valence-electron chi connectivity index (χ2n) is 10.2. The molecule has 4 heterocycles. The highest BCUT2D eigenvalue weighted by molar-refractivity contribution is 6.29. The number of hydrogen-bond donors (Lipinski definition) is 0. The molecule has 194 valence electrons. The minimum Gasteiger partial charge on any atom is -0.472 e. The van der Waals surface area contributed by atoms with Crippen molar-refractivity contribution in [1.29, 1.82) is 5.26 Å². The van der Waals surface area contributed by atoms with E-state index in [9.17, 15) is 10.1 Å². The van der Waals surface area contributed by atoms with Crippen molar-refractivity contribution in [2.24, 2.45) is 0 Å². The maximum absolute atomic E-state index is 12.5. The Bertz CT molecular complexity index is 1550. The molecule has 1 aliphatic rings. The topological polar surface area (TPSA) is 106 Å². The molecule has 0 spiro atoms. The van der Waals surface area contributed by atoms with Crippen molar-refractivity contribution in [2.45, 2.75) is 45.8 Å². The van der Waals surface area contributed by atoms with Gasteiger partial charge in [-0.25, -0.2) is 14.3 Å². The number of amides is 1. The molecule has 4 aromatic rings. The highest BCUT2D eigenvalue weighted by Crippen LogP contribution is 2.36. The summed E-state index contributed by atoms with van der Waals surface area (Å²) in [6.07, 6.45) is 1.89. The van der Waals surface area contributed by atoms with Gasteiger partial charge in [0.25, 0.3) is 0 Å². The molecule has 10 heteroatoms. The van der Waals surface area contributed by atoms with Gasteiger partial charge in [-0.15, -0.1) is 0 Å². The standard InChI is InChI=1S/C28H27ClN6O3/c1-17-12-20(14-22(29)31-17)24-25(19-7-5-6-18(13-19)15-30)33-35-11-9-23(32-26(24)35)37-21-8-10-34(16-21)27(36)38-28(2,3)4/h5-7,9,11-14,21H,8,10,16H2,1-4H3/t21-/m0/s1. The van der Waals surface area contributed by atoms with Crippen LogP contribution in [0, 0.1) is 18.3 Å². The lowest BCUT2D eigenvalue weighted by Gasteiger charge is -2.24. The lowest BCUT2D eigenvalue weighted by molar-refractivity contribution is 0.0275. The minimum atomic E-state index is -0.556. The molecule has 0 bridgehead atoms. The molecule has 0 unspecified atom stereocenters. The van der Waals surface area contributed by atoms with Gasteiger partial charge in [-0.2, -0.15) is 15.3 Å². The van der Waals surface area contributed by atoms with Crippen LogP contribution in [0.3, 0.4) is 0 Å². The number of halogens is 1. The predicted molar refractivity (Wildman–Crippen MR) is 143 cm³/mol. The maximum Gasteiger partial charge on any atom is 0.410 e. The van der Waals surface area contributed by atoms with Crippen molar-refractivity contribution in [3.8, 4) is 34.3 Å². The Hall–Kier alpha value is -4.16. The molecule has 1 fully saturated rings. The number of nitriles is 1.